The minimum absolute atomic E-state index is 0.297. The summed E-state index contributed by atoms with van der Waals surface area (Å²) >= 11 is 0. The average molecular weight is 412 g/mol. The number of aromatic nitrogens is 4. The second kappa shape index (κ2) is 7.67. The smallest absolute Gasteiger partial charge is 0.229 e. The van der Waals surface area contributed by atoms with Crippen molar-refractivity contribution >= 4 is 28.4 Å². The largest absolute Gasteiger partial charge is 0.378 e. The van der Waals surface area contributed by atoms with E-state index in [0.717, 1.165) is 55.9 Å². The summed E-state index contributed by atoms with van der Waals surface area (Å²) in [4.78, 5) is 11.6. The first-order valence-electron chi connectivity index (χ1n) is 10.8. The molecule has 0 bridgehead atoms. The van der Waals surface area contributed by atoms with E-state index in [9.17, 15) is 0 Å². The van der Waals surface area contributed by atoms with E-state index >= 15 is 0 Å². The molecule has 6 rings (SSSR count). The summed E-state index contributed by atoms with van der Waals surface area (Å²) in [6.07, 6.45) is 5.68. The standard InChI is InChI=1S/C24H24N6O/c1-2-4-18-14-22(13-17(18)3-1)30-23-19(16-26-30)15-25-24(28-23)27-20-5-7-21(8-6-20)29-9-11-31-12-10-29/h1-8,15-16,22H,9-14H2,(H,25,27,28). The molecule has 1 fully saturated rings. The van der Waals surface area contributed by atoms with Gasteiger partial charge >= 0.3 is 0 Å². The lowest BCUT2D eigenvalue weighted by molar-refractivity contribution is 0.122. The molecular weight excluding hydrogens is 388 g/mol. The van der Waals surface area contributed by atoms with Gasteiger partial charge in [0.1, 0.15) is 0 Å². The van der Waals surface area contributed by atoms with Gasteiger partial charge in [-0.15, -0.1) is 0 Å². The molecule has 0 amide bonds. The topological polar surface area (TPSA) is 68.1 Å². The van der Waals surface area contributed by atoms with Gasteiger partial charge in [-0.2, -0.15) is 10.1 Å². The molecular formula is C24H24N6O. The van der Waals surface area contributed by atoms with E-state index in [0.29, 0.717) is 12.0 Å². The highest BCUT2D eigenvalue weighted by Gasteiger charge is 2.25. The zero-order chi connectivity index (χ0) is 20.6. The summed E-state index contributed by atoms with van der Waals surface area (Å²) in [6, 6.07) is 17.3. The number of hydrogen-bond acceptors (Lipinski definition) is 6. The monoisotopic (exact) mass is 412 g/mol. The lowest BCUT2D eigenvalue weighted by Crippen LogP contribution is -2.36. The van der Waals surface area contributed by atoms with Crippen molar-refractivity contribution in [2.45, 2.75) is 18.9 Å². The summed E-state index contributed by atoms with van der Waals surface area (Å²) < 4.78 is 7.50. The van der Waals surface area contributed by atoms with Crippen molar-refractivity contribution in [2.24, 2.45) is 0 Å². The molecule has 156 valence electrons. The van der Waals surface area contributed by atoms with Gasteiger partial charge in [0.2, 0.25) is 5.95 Å². The van der Waals surface area contributed by atoms with Crippen LogP contribution in [-0.4, -0.2) is 46.1 Å². The Labute approximate surface area is 180 Å². The Balaban J connectivity index is 1.22. The van der Waals surface area contributed by atoms with Gasteiger partial charge in [-0.05, 0) is 48.2 Å². The van der Waals surface area contributed by atoms with Crippen LogP contribution in [0.2, 0.25) is 0 Å². The van der Waals surface area contributed by atoms with E-state index in [1.807, 2.05) is 12.4 Å². The normalized spacial score (nSPS) is 16.6. The Morgan fingerprint density at radius 1 is 0.903 bits per heavy atom. The van der Waals surface area contributed by atoms with Crippen molar-refractivity contribution in [3.05, 3.63) is 72.1 Å². The zero-order valence-electron chi connectivity index (χ0n) is 17.2. The molecule has 1 aliphatic heterocycles. The highest BCUT2D eigenvalue weighted by Crippen LogP contribution is 2.31. The second-order valence-electron chi connectivity index (χ2n) is 8.16. The molecule has 31 heavy (non-hydrogen) atoms. The summed E-state index contributed by atoms with van der Waals surface area (Å²) in [6.45, 7) is 3.43. The zero-order valence-corrected chi connectivity index (χ0v) is 17.2. The number of rotatable bonds is 4. The minimum atomic E-state index is 0.297. The molecule has 2 aromatic heterocycles. The van der Waals surface area contributed by atoms with Crippen molar-refractivity contribution in [3.8, 4) is 0 Å². The van der Waals surface area contributed by atoms with E-state index in [4.69, 9.17) is 9.72 Å². The Morgan fingerprint density at radius 3 is 2.39 bits per heavy atom. The Morgan fingerprint density at radius 2 is 1.65 bits per heavy atom. The molecule has 0 spiro atoms. The predicted molar refractivity (Wildman–Crippen MR) is 121 cm³/mol. The molecule has 1 N–H and O–H groups in total. The van der Waals surface area contributed by atoms with Crippen molar-refractivity contribution in [3.63, 3.8) is 0 Å². The van der Waals surface area contributed by atoms with Crippen LogP contribution in [0, 0.1) is 0 Å². The Hall–Kier alpha value is -3.45. The molecule has 3 heterocycles. The van der Waals surface area contributed by atoms with Gasteiger partial charge in [0.05, 0.1) is 30.8 Å². The van der Waals surface area contributed by atoms with E-state index in [-0.39, 0.29) is 0 Å². The van der Waals surface area contributed by atoms with Crippen molar-refractivity contribution < 1.29 is 4.74 Å². The van der Waals surface area contributed by atoms with E-state index in [1.54, 1.807) is 0 Å². The third-order valence-corrected chi connectivity index (χ3v) is 6.21. The van der Waals surface area contributed by atoms with Gasteiger partial charge in [0.15, 0.2) is 5.65 Å². The van der Waals surface area contributed by atoms with Crippen LogP contribution in [0.25, 0.3) is 11.0 Å². The van der Waals surface area contributed by atoms with Gasteiger partial charge in [-0.1, -0.05) is 24.3 Å². The fourth-order valence-corrected chi connectivity index (χ4v) is 4.58. The number of hydrogen-bond donors (Lipinski definition) is 1. The van der Waals surface area contributed by atoms with Crippen molar-refractivity contribution in [1.29, 1.82) is 0 Å². The molecule has 2 aliphatic rings. The van der Waals surface area contributed by atoms with E-state index < -0.39 is 0 Å². The third-order valence-electron chi connectivity index (χ3n) is 6.21. The van der Waals surface area contributed by atoms with Gasteiger partial charge in [0, 0.05) is 30.7 Å². The lowest BCUT2D eigenvalue weighted by Gasteiger charge is -2.28. The van der Waals surface area contributed by atoms with Gasteiger partial charge in [-0.3, -0.25) is 0 Å². The average Bonchev–Trinajstić information content (AvgIpc) is 3.44. The molecule has 0 unspecified atom stereocenters. The molecule has 1 saturated heterocycles. The van der Waals surface area contributed by atoms with Crippen molar-refractivity contribution in [2.75, 3.05) is 36.5 Å². The maximum absolute atomic E-state index is 5.44. The summed E-state index contributed by atoms with van der Waals surface area (Å²) in [5.74, 6) is 0.587. The summed E-state index contributed by atoms with van der Waals surface area (Å²) in [7, 11) is 0. The summed E-state index contributed by atoms with van der Waals surface area (Å²) in [5, 5.41) is 8.95. The van der Waals surface area contributed by atoms with Crippen LogP contribution in [0.15, 0.2) is 60.9 Å². The number of anilines is 3. The molecule has 1 aliphatic carbocycles. The third kappa shape index (κ3) is 3.51. The fraction of sp³-hybridized carbons (Fsp3) is 0.292. The van der Waals surface area contributed by atoms with E-state index in [1.165, 1.54) is 16.8 Å². The molecule has 0 radical (unpaired) electrons. The van der Waals surface area contributed by atoms with Gasteiger partial charge < -0.3 is 15.0 Å². The molecule has 0 atom stereocenters. The highest BCUT2D eigenvalue weighted by molar-refractivity contribution is 5.75. The van der Waals surface area contributed by atoms with Gasteiger partial charge in [0.25, 0.3) is 0 Å². The van der Waals surface area contributed by atoms with Crippen LogP contribution >= 0.6 is 0 Å². The van der Waals surface area contributed by atoms with Crippen LogP contribution in [0.4, 0.5) is 17.3 Å². The maximum atomic E-state index is 5.44. The number of morpholine rings is 1. The predicted octanol–water partition coefficient (Wildman–Crippen LogP) is 3.75. The van der Waals surface area contributed by atoms with Gasteiger partial charge in [-0.25, -0.2) is 9.67 Å². The first kappa shape index (κ1) is 18.3. The van der Waals surface area contributed by atoms with Crippen molar-refractivity contribution in [1.82, 2.24) is 19.7 Å². The number of nitrogens with zero attached hydrogens (tertiary/aromatic N) is 5. The molecule has 2 aromatic carbocycles. The van der Waals surface area contributed by atoms with Crippen LogP contribution in [0.5, 0.6) is 0 Å². The quantitative estimate of drug-likeness (QED) is 0.551. The summed E-state index contributed by atoms with van der Waals surface area (Å²) in [5.41, 5.74) is 5.87. The maximum Gasteiger partial charge on any atom is 0.229 e. The first-order chi connectivity index (χ1) is 15.3. The second-order valence-corrected chi connectivity index (χ2v) is 8.16. The number of benzene rings is 2. The van der Waals surface area contributed by atoms with Crippen LogP contribution in [-0.2, 0) is 17.6 Å². The SMILES string of the molecule is c1ccc2c(c1)CC(n1ncc3cnc(Nc4ccc(N5CCOCC5)cc4)nc31)C2. The van der Waals surface area contributed by atoms with Crippen LogP contribution in [0.1, 0.15) is 17.2 Å². The van der Waals surface area contributed by atoms with E-state index in [2.05, 4.69) is 73.5 Å². The molecule has 7 heteroatoms. The minimum Gasteiger partial charge on any atom is -0.378 e. The Bertz CT molecular complexity index is 1190. The van der Waals surface area contributed by atoms with Crippen LogP contribution < -0.4 is 10.2 Å². The van der Waals surface area contributed by atoms with Crippen LogP contribution in [0.3, 0.4) is 0 Å². The Kier molecular flexibility index (Phi) is 4.53. The number of nitrogens with one attached hydrogen (secondary N) is 1. The first-order valence-corrected chi connectivity index (χ1v) is 10.8. The number of fused-ring (bicyclic) bond motifs is 2. The molecule has 4 aromatic rings. The molecule has 7 nitrogen and oxygen atoms in total. The molecule has 0 saturated carbocycles. The fourth-order valence-electron chi connectivity index (χ4n) is 4.58. The number of ether oxygens (including phenoxy) is 1. The lowest BCUT2D eigenvalue weighted by atomic mass is 10.1. The highest BCUT2D eigenvalue weighted by atomic mass is 16.5.